The number of rotatable bonds is 5. The van der Waals surface area contributed by atoms with Crippen LogP contribution in [-0.4, -0.2) is 15.1 Å². The quantitative estimate of drug-likeness (QED) is 0.780. The Bertz CT molecular complexity index is 715. The first-order valence-electron chi connectivity index (χ1n) is 6.57. The van der Waals surface area contributed by atoms with Crippen molar-refractivity contribution in [3.05, 3.63) is 40.6 Å². The molecule has 3 rings (SSSR count). The first-order chi connectivity index (χ1) is 10.0. The second-order valence-electron chi connectivity index (χ2n) is 5.30. The molecule has 0 aliphatic heterocycles. The maximum Gasteiger partial charge on any atom is 0.240 e. The van der Waals surface area contributed by atoms with E-state index in [2.05, 4.69) is 34.3 Å². The van der Waals surface area contributed by atoms with E-state index in [0.29, 0.717) is 18.3 Å². The van der Waals surface area contributed by atoms with E-state index in [0.717, 1.165) is 16.3 Å². The summed E-state index contributed by atoms with van der Waals surface area (Å²) in [5.74, 6) is 1.07. The van der Waals surface area contributed by atoms with Crippen molar-refractivity contribution in [2.75, 3.05) is 0 Å². The third kappa shape index (κ3) is 3.03. The van der Waals surface area contributed by atoms with Crippen molar-refractivity contribution in [3.8, 4) is 11.4 Å². The highest BCUT2D eigenvalue weighted by molar-refractivity contribution is 7.09. The molecule has 0 saturated heterocycles. The minimum Gasteiger partial charge on any atom is -0.472 e. The molecule has 0 fully saturated rings. The van der Waals surface area contributed by atoms with Gasteiger partial charge in [-0.2, -0.15) is 4.98 Å². The van der Waals surface area contributed by atoms with Crippen molar-refractivity contribution >= 4 is 11.3 Å². The Morgan fingerprint density at radius 1 is 1.33 bits per heavy atom. The Morgan fingerprint density at radius 2 is 2.19 bits per heavy atom. The van der Waals surface area contributed by atoms with Crippen LogP contribution in [0, 0.1) is 6.92 Å². The number of thiazole rings is 1. The molecule has 0 aliphatic rings. The predicted octanol–water partition coefficient (Wildman–Crippen LogP) is 3.12. The van der Waals surface area contributed by atoms with Gasteiger partial charge in [0.1, 0.15) is 11.3 Å². The van der Waals surface area contributed by atoms with Crippen LogP contribution in [0.3, 0.4) is 0 Å². The van der Waals surface area contributed by atoms with Crippen molar-refractivity contribution in [2.24, 2.45) is 0 Å². The molecule has 0 unspecified atom stereocenters. The first-order valence-corrected chi connectivity index (χ1v) is 7.45. The van der Waals surface area contributed by atoms with E-state index in [9.17, 15) is 0 Å². The van der Waals surface area contributed by atoms with Crippen molar-refractivity contribution in [3.63, 3.8) is 0 Å². The minimum absolute atomic E-state index is 0.247. The molecule has 3 aromatic rings. The molecule has 3 heterocycles. The van der Waals surface area contributed by atoms with Gasteiger partial charge in [-0.1, -0.05) is 5.16 Å². The molecule has 0 atom stereocenters. The summed E-state index contributed by atoms with van der Waals surface area (Å²) < 4.78 is 10.3. The fraction of sp³-hybridized carbons (Fsp3) is 0.357. The zero-order chi connectivity index (χ0) is 14.9. The van der Waals surface area contributed by atoms with Gasteiger partial charge in [0.15, 0.2) is 0 Å². The van der Waals surface area contributed by atoms with Crippen LogP contribution in [0.4, 0.5) is 0 Å². The maximum absolute atomic E-state index is 5.24. The third-order valence-electron chi connectivity index (χ3n) is 3.08. The lowest BCUT2D eigenvalue weighted by molar-refractivity contribution is 0.327. The zero-order valence-electron chi connectivity index (χ0n) is 12.1. The molecule has 0 radical (unpaired) electrons. The van der Waals surface area contributed by atoms with Crippen LogP contribution in [0.25, 0.3) is 11.4 Å². The number of nitrogens with zero attached hydrogens (tertiary/aromatic N) is 3. The van der Waals surface area contributed by atoms with Crippen LogP contribution in [0.2, 0.25) is 0 Å². The van der Waals surface area contributed by atoms with E-state index in [1.165, 1.54) is 0 Å². The molecule has 1 N–H and O–H groups in total. The van der Waals surface area contributed by atoms with E-state index in [-0.39, 0.29) is 5.54 Å². The molecule has 21 heavy (non-hydrogen) atoms. The van der Waals surface area contributed by atoms with Gasteiger partial charge in [-0.25, -0.2) is 4.98 Å². The molecular weight excluding hydrogens is 288 g/mol. The lowest BCUT2D eigenvalue weighted by Gasteiger charge is -2.22. The van der Waals surface area contributed by atoms with Gasteiger partial charge in [-0.15, -0.1) is 11.3 Å². The minimum atomic E-state index is -0.247. The second kappa shape index (κ2) is 5.42. The second-order valence-corrected chi connectivity index (χ2v) is 6.15. The van der Waals surface area contributed by atoms with Gasteiger partial charge in [0.05, 0.1) is 23.9 Å². The molecule has 0 aliphatic carbocycles. The highest BCUT2D eigenvalue weighted by Crippen LogP contribution is 2.24. The SMILES string of the molecule is Cc1csc(C(C)(C)NCc2nc(-c3ccoc3)no2)n1. The summed E-state index contributed by atoms with van der Waals surface area (Å²) in [6, 6.07) is 1.80. The average molecular weight is 304 g/mol. The van der Waals surface area contributed by atoms with Gasteiger partial charge in [0.2, 0.25) is 11.7 Å². The number of aromatic nitrogens is 3. The molecule has 0 spiro atoms. The number of furan rings is 1. The Kier molecular flexibility index (Phi) is 3.60. The molecule has 6 nitrogen and oxygen atoms in total. The standard InChI is InChI=1S/C14H16N4O2S/c1-9-8-21-13(16-9)14(2,3)15-6-11-17-12(18-20-11)10-4-5-19-7-10/h4-5,7-8,15H,6H2,1-3H3. The van der Waals surface area contributed by atoms with E-state index in [1.54, 1.807) is 29.9 Å². The number of aryl methyl sites for hydroxylation is 1. The molecular formula is C14H16N4O2S. The average Bonchev–Trinajstić information content (AvgIpc) is 3.17. The van der Waals surface area contributed by atoms with Crippen LogP contribution in [0.5, 0.6) is 0 Å². The summed E-state index contributed by atoms with van der Waals surface area (Å²) in [5.41, 5.74) is 1.59. The monoisotopic (exact) mass is 304 g/mol. The van der Waals surface area contributed by atoms with Gasteiger partial charge < -0.3 is 8.94 Å². The summed E-state index contributed by atoms with van der Waals surface area (Å²) in [5, 5.41) is 10.4. The van der Waals surface area contributed by atoms with Crippen LogP contribution in [-0.2, 0) is 12.1 Å². The smallest absolute Gasteiger partial charge is 0.240 e. The van der Waals surface area contributed by atoms with Crippen molar-refractivity contribution < 1.29 is 8.94 Å². The maximum atomic E-state index is 5.24. The van der Waals surface area contributed by atoms with Crippen LogP contribution >= 0.6 is 11.3 Å². The topological polar surface area (TPSA) is 77.0 Å². The molecule has 7 heteroatoms. The number of hydrogen-bond acceptors (Lipinski definition) is 7. The molecule has 0 amide bonds. The highest BCUT2D eigenvalue weighted by Gasteiger charge is 2.24. The largest absolute Gasteiger partial charge is 0.472 e. The Labute approximate surface area is 126 Å². The van der Waals surface area contributed by atoms with Gasteiger partial charge in [0, 0.05) is 11.1 Å². The van der Waals surface area contributed by atoms with Crippen LogP contribution in [0.1, 0.15) is 30.4 Å². The summed E-state index contributed by atoms with van der Waals surface area (Å²) in [7, 11) is 0. The number of hydrogen-bond donors (Lipinski definition) is 1. The Morgan fingerprint density at radius 3 is 2.86 bits per heavy atom. The molecule has 3 aromatic heterocycles. The number of nitrogens with one attached hydrogen (secondary N) is 1. The summed E-state index contributed by atoms with van der Waals surface area (Å²) in [4.78, 5) is 8.85. The van der Waals surface area contributed by atoms with Crippen molar-refractivity contribution in [2.45, 2.75) is 32.9 Å². The molecule has 110 valence electrons. The summed E-state index contributed by atoms with van der Waals surface area (Å²) in [6.07, 6.45) is 3.17. The normalized spacial score (nSPS) is 12.0. The van der Waals surface area contributed by atoms with Gasteiger partial charge in [-0.05, 0) is 26.8 Å². The van der Waals surface area contributed by atoms with Crippen LogP contribution in [0.15, 0.2) is 32.9 Å². The fourth-order valence-corrected chi connectivity index (χ4v) is 2.75. The van der Waals surface area contributed by atoms with E-state index < -0.39 is 0 Å². The van der Waals surface area contributed by atoms with Gasteiger partial charge in [-0.3, -0.25) is 5.32 Å². The van der Waals surface area contributed by atoms with E-state index in [1.807, 2.05) is 12.3 Å². The van der Waals surface area contributed by atoms with Gasteiger partial charge >= 0.3 is 0 Å². The lowest BCUT2D eigenvalue weighted by Crippen LogP contribution is -2.36. The first kappa shape index (κ1) is 14.0. The van der Waals surface area contributed by atoms with E-state index >= 15 is 0 Å². The fourth-order valence-electron chi connectivity index (χ4n) is 1.85. The third-order valence-corrected chi connectivity index (χ3v) is 4.37. The van der Waals surface area contributed by atoms with Gasteiger partial charge in [0.25, 0.3) is 0 Å². The highest BCUT2D eigenvalue weighted by atomic mass is 32.1. The summed E-state index contributed by atoms with van der Waals surface area (Å²) in [6.45, 7) is 6.64. The van der Waals surface area contributed by atoms with Crippen molar-refractivity contribution in [1.29, 1.82) is 0 Å². The van der Waals surface area contributed by atoms with Crippen molar-refractivity contribution in [1.82, 2.24) is 20.4 Å². The predicted molar refractivity (Wildman–Crippen MR) is 78.7 cm³/mol. The Hall–Kier alpha value is -1.99. The Balaban J connectivity index is 1.67. The molecule has 0 saturated carbocycles. The van der Waals surface area contributed by atoms with Crippen LogP contribution < -0.4 is 5.32 Å². The van der Waals surface area contributed by atoms with E-state index in [4.69, 9.17) is 8.94 Å². The lowest BCUT2D eigenvalue weighted by atomic mass is 10.1. The summed E-state index contributed by atoms with van der Waals surface area (Å²) >= 11 is 1.64. The molecule has 0 bridgehead atoms. The molecule has 0 aromatic carbocycles. The zero-order valence-corrected chi connectivity index (χ0v) is 12.9.